The first-order valence-electron chi connectivity index (χ1n) is 7.58. The lowest BCUT2D eigenvalue weighted by atomic mass is 10.1. The van der Waals surface area contributed by atoms with Crippen molar-refractivity contribution in [1.29, 1.82) is 0 Å². The van der Waals surface area contributed by atoms with Gasteiger partial charge in [-0.2, -0.15) is 0 Å². The molecular weight excluding hydrogens is 302 g/mol. The van der Waals surface area contributed by atoms with Crippen molar-refractivity contribution in [2.45, 2.75) is 6.61 Å². The van der Waals surface area contributed by atoms with E-state index >= 15 is 0 Å². The van der Waals surface area contributed by atoms with Gasteiger partial charge in [0.1, 0.15) is 12.4 Å². The Morgan fingerprint density at radius 1 is 1.00 bits per heavy atom. The summed E-state index contributed by atoms with van der Waals surface area (Å²) in [5.41, 5.74) is 3.22. The molecule has 0 aliphatic rings. The molecule has 0 aliphatic carbocycles. The number of carbonyl (C=O) groups is 1. The average molecular weight is 319 g/mol. The van der Waals surface area contributed by atoms with Crippen molar-refractivity contribution in [3.05, 3.63) is 84.1 Å². The quantitative estimate of drug-likeness (QED) is 0.664. The van der Waals surface area contributed by atoms with Crippen LogP contribution in [0.4, 0.5) is 0 Å². The van der Waals surface area contributed by atoms with Gasteiger partial charge >= 0.3 is 5.97 Å². The molecule has 0 N–H and O–H groups in total. The first-order chi connectivity index (χ1) is 11.8. The van der Waals surface area contributed by atoms with E-state index in [-0.39, 0.29) is 5.97 Å². The smallest absolute Gasteiger partial charge is 0.337 e. The number of methoxy groups -OCH3 is 1. The van der Waals surface area contributed by atoms with E-state index in [0.717, 1.165) is 16.9 Å². The first-order valence-corrected chi connectivity index (χ1v) is 7.58. The van der Waals surface area contributed by atoms with Crippen LogP contribution in [-0.4, -0.2) is 18.1 Å². The molecule has 3 rings (SSSR count). The van der Waals surface area contributed by atoms with Gasteiger partial charge in [0.15, 0.2) is 0 Å². The van der Waals surface area contributed by atoms with E-state index in [1.807, 2.05) is 54.6 Å². The van der Waals surface area contributed by atoms with Crippen molar-refractivity contribution >= 4 is 5.97 Å². The highest BCUT2D eigenvalue weighted by atomic mass is 16.5. The average Bonchev–Trinajstić information content (AvgIpc) is 2.67. The molecule has 1 aromatic heterocycles. The predicted molar refractivity (Wildman–Crippen MR) is 91.8 cm³/mol. The Morgan fingerprint density at radius 3 is 2.46 bits per heavy atom. The molecule has 0 saturated carbocycles. The van der Waals surface area contributed by atoms with Crippen LogP contribution < -0.4 is 4.74 Å². The summed E-state index contributed by atoms with van der Waals surface area (Å²) in [7, 11) is 1.36. The van der Waals surface area contributed by atoms with Gasteiger partial charge in [-0.15, -0.1) is 0 Å². The van der Waals surface area contributed by atoms with Crippen molar-refractivity contribution in [3.8, 4) is 17.0 Å². The number of pyridine rings is 1. The minimum atomic E-state index is -0.374. The molecule has 0 radical (unpaired) electrons. The van der Waals surface area contributed by atoms with Gasteiger partial charge < -0.3 is 9.47 Å². The molecular formula is C20H17NO3. The number of hydrogen-bond acceptors (Lipinski definition) is 4. The number of ether oxygens (including phenoxy) is 2. The molecule has 4 nitrogen and oxygen atoms in total. The number of aromatic nitrogens is 1. The second kappa shape index (κ2) is 7.42. The minimum Gasteiger partial charge on any atom is -0.489 e. The largest absolute Gasteiger partial charge is 0.489 e. The molecule has 0 bridgehead atoms. The summed E-state index contributed by atoms with van der Waals surface area (Å²) >= 11 is 0. The number of carbonyl (C=O) groups excluding carboxylic acids is 1. The zero-order chi connectivity index (χ0) is 16.8. The Hall–Kier alpha value is -3.14. The summed E-state index contributed by atoms with van der Waals surface area (Å²) in [4.78, 5) is 15.9. The van der Waals surface area contributed by atoms with Crippen LogP contribution in [0, 0.1) is 0 Å². The maximum absolute atomic E-state index is 11.6. The predicted octanol–water partition coefficient (Wildman–Crippen LogP) is 4.11. The van der Waals surface area contributed by atoms with Gasteiger partial charge in [-0.3, -0.25) is 4.98 Å². The molecule has 4 heteroatoms. The molecule has 0 amide bonds. The van der Waals surface area contributed by atoms with Crippen LogP contribution in [0.2, 0.25) is 0 Å². The maximum Gasteiger partial charge on any atom is 0.337 e. The van der Waals surface area contributed by atoms with Crippen molar-refractivity contribution in [1.82, 2.24) is 4.98 Å². The SMILES string of the molecule is COC(=O)c1ccnc(-c2ccc(OCc3ccccc3)cc2)c1. The molecule has 0 spiro atoms. The van der Waals surface area contributed by atoms with Crippen LogP contribution in [-0.2, 0) is 11.3 Å². The molecule has 0 aliphatic heterocycles. The molecule has 0 saturated heterocycles. The molecule has 1 heterocycles. The lowest BCUT2D eigenvalue weighted by molar-refractivity contribution is 0.0600. The monoisotopic (exact) mass is 319 g/mol. The molecule has 24 heavy (non-hydrogen) atoms. The van der Waals surface area contributed by atoms with Crippen molar-refractivity contribution in [2.24, 2.45) is 0 Å². The van der Waals surface area contributed by atoms with Gasteiger partial charge in [0.2, 0.25) is 0 Å². The topological polar surface area (TPSA) is 48.4 Å². The second-order valence-corrected chi connectivity index (χ2v) is 5.22. The van der Waals surface area contributed by atoms with E-state index in [2.05, 4.69) is 4.98 Å². The fraction of sp³-hybridized carbons (Fsp3) is 0.100. The van der Waals surface area contributed by atoms with E-state index in [4.69, 9.17) is 9.47 Å². The Labute approximate surface area is 140 Å². The second-order valence-electron chi connectivity index (χ2n) is 5.22. The normalized spacial score (nSPS) is 10.2. The lowest BCUT2D eigenvalue weighted by Crippen LogP contribution is -2.01. The first kappa shape index (κ1) is 15.7. The number of hydrogen-bond donors (Lipinski definition) is 0. The maximum atomic E-state index is 11.6. The lowest BCUT2D eigenvalue weighted by Gasteiger charge is -2.08. The molecule has 2 aromatic carbocycles. The summed E-state index contributed by atoms with van der Waals surface area (Å²) in [6.07, 6.45) is 1.60. The van der Waals surface area contributed by atoms with Crippen LogP contribution in [0.3, 0.4) is 0 Å². The summed E-state index contributed by atoms with van der Waals surface area (Å²) < 4.78 is 10.5. The zero-order valence-corrected chi connectivity index (χ0v) is 13.3. The third kappa shape index (κ3) is 3.79. The summed E-state index contributed by atoms with van der Waals surface area (Å²) in [6, 6.07) is 21.0. The van der Waals surface area contributed by atoms with Crippen LogP contribution in [0.15, 0.2) is 72.9 Å². The Kier molecular flexibility index (Phi) is 4.87. The van der Waals surface area contributed by atoms with Crippen molar-refractivity contribution < 1.29 is 14.3 Å². The molecule has 3 aromatic rings. The van der Waals surface area contributed by atoms with E-state index in [9.17, 15) is 4.79 Å². The highest BCUT2D eigenvalue weighted by molar-refractivity contribution is 5.90. The molecule has 0 atom stereocenters. The van der Waals surface area contributed by atoms with Gasteiger partial charge in [0, 0.05) is 11.8 Å². The van der Waals surface area contributed by atoms with Crippen LogP contribution in [0.1, 0.15) is 15.9 Å². The Morgan fingerprint density at radius 2 is 1.75 bits per heavy atom. The van der Waals surface area contributed by atoms with E-state index < -0.39 is 0 Å². The number of nitrogens with zero attached hydrogens (tertiary/aromatic N) is 1. The minimum absolute atomic E-state index is 0.374. The van der Waals surface area contributed by atoms with Crippen LogP contribution in [0.5, 0.6) is 5.75 Å². The van der Waals surface area contributed by atoms with Gasteiger partial charge in [-0.05, 0) is 42.0 Å². The highest BCUT2D eigenvalue weighted by Crippen LogP contribution is 2.22. The number of esters is 1. The summed E-state index contributed by atoms with van der Waals surface area (Å²) in [6.45, 7) is 0.524. The third-order valence-corrected chi connectivity index (χ3v) is 3.58. The fourth-order valence-electron chi connectivity index (χ4n) is 2.30. The van der Waals surface area contributed by atoms with E-state index in [1.165, 1.54) is 7.11 Å². The number of benzene rings is 2. The molecule has 120 valence electrons. The number of rotatable bonds is 5. The zero-order valence-electron chi connectivity index (χ0n) is 13.3. The van der Waals surface area contributed by atoms with Gasteiger partial charge in [0.25, 0.3) is 0 Å². The Bertz CT molecular complexity index is 814. The molecule has 0 unspecified atom stereocenters. The Balaban J connectivity index is 1.71. The van der Waals surface area contributed by atoms with Crippen molar-refractivity contribution in [2.75, 3.05) is 7.11 Å². The third-order valence-electron chi connectivity index (χ3n) is 3.58. The van der Waals surface area contributed by atoms with Crippen molar-refractivity contribution in [3.63, 3.8) is 0 Å². The summed E-state index contributed by atoms with van der Waals surface area (Å²) in [5, 5.41) is 0. The molecule has 0 fully saturated rings. The van der Waals surface area contributed by atoms with E-state index in [1.54, 1.807) is 18.3 Å². The van der Waals surface area contributed by atoms with Gasteiger partial charge in [-0.25, -0.2) is 4.79 Å². The van der Waals surface area contributed by atoms with E-state index in [0.29, 0.717) is 17.9 Å². The van der Waals surface area contributed by atoms with Gasteiger partial charge in [-0.1, -0.05) is 30.3 Å². The van der Waals surface area contributed by atoms with Gasteiger partial charge in [0.05, 0.1) is 18.4 Å². The standard InChI is InChI=1S/C20H17NO3/c1-23-20(22)17-11-12-21-19(13-17)16-7-9-18(10-8-16)24-14-15-5-3-2-4-6-15/h2-13H,14H2,1H3. The highest BCUT2D eigenvalue weighted by Gasteiger charge is 2.08. The van der Waals surface area contributed by atoms with Crippen LogP contribution >= 0.6 is 0 Å². The fourth-order valence-corrected chi connectivity index (χ4v) is 2.30. The van der Waals surface area contributed by atoms with Crippen LogP contribution in [0.25, 0.3) is 11.3 Å². The summed E-state index contributed by atoms with van der Waals surface area (Å²) in [5.74, 6) is 0.410.